The molecule has 1 atom stereocenters. The first-order valence-electron chi connectivity index (χ1n) is 5.82. The molecule has 2 saturated carbocycles. The summed E-state index contributed by atoms with van der Waals surface area (Å²) >= 11 is 0. The van der Waals surface area contributed by atoms with Crippen molar-refractivity contribution in [1.29, 1.82) is 5.26 Å². The van der Waals surface area contributed by atoms with E-state index in [1.165, 1.54) is 19.3 Å². The van der Waals surface area contributed by atoms with Crippen LogP contribution in [0.15, 0.2) is 0 Å². The van der Waals surface area contributed by atoms with E-state index in [1.807, 2.05) is 0 Å². The van der Waals surface area contributed by atoms with Crippen molar-refractivity contribution in [2.45, 2.75) is 63.4 Å². The van der Waals surface area contributed by atoms with Crippen LogP contribution in [0.5, 0.6) is 0 Å². The van der Waals surface area contributed by atoms with Gasteiger partial charge in [-0.25, -0.2) is 0 Å². The third-order valence-corrected chi connectivity index (χ3v) is 4.42. The predicted molar refractivity (Wildman–Crippen MR) is 54.5 cm³/mol. The standard InChI is InChI=1S/C12H19NO/c13-10-9-12(14)8-4-7-11(12)5-2-1-3-6-11/h14H,1-9H2. The molecule has 0 saturated heterocycles. The second-order valence-electron chi connectivity index (χ2n) is 5.06. The monoisotopic (exact) mass is 193 g/mol. The molecule has 2 aliphatic carbocycles. The third-order valence-electron chi connectivity index (χ3n) is 4.42. The minimum Gasteiger partial charge on any atom is -0.388 e. The molecule has 1 unspecified atom stereocenters. The van der Waals surface area contributed by atoms with Crippen molar-refractivity contribution >= 4 is 0 Å². The fourth-order valence-electron chi connectivity index (χ4n) is 3.57. The number of nitrogens with zero attached hydrogens (tertiary/aromatic N) is 1. The Labute approximate surface area is 85.9 Å². The molecule has 1 spiro atoms. The lowest BCUT2D eigenvalue weighted by Gasteiger charge is -2.44. The number of nitriles is 1. The van der Waals surface area contributed by atoms with Crippen LogP contribution in [0.1, 0.15) is 57.8 Å². The molecule has 0 amide bonds. The average molecular weight is 193 g/mol. The SMILES string of the molecule is N#CCC1(O)CCCC12CCCCC2. The van der Waals surface area contributed by atoms with Gasteiger partial charge < -0.3 is 5.11 Å². The molecule has 2 nitrogen and oxygen atoms in total. The normalized spacial score (nSPS) is 35.7. The summed E-state index contributed by atoms with van der Waals surface area (Å²) in [4.78, 5) is 0. The van der Waals surface area contributed by atoms with Gasteiger partial charge in [-0.15, -0.1) is 0 Å². The molecule has 0 bridgehead atoms. The zero-order valence-corrected chi connectivity index (χ0v) is 8.76. The van der Waals surface area contributed by atoms with Crippen LogP contribution in [0, 0.1) is 16.7 Å². The van der Waals surface area contributed by atoms with E-state index in [1.54, 1.807) is 0 Å². The van der Waals surface area contributed by atoms with Crippen LogP contribution >= 0.6 is 0 Å². The van der Waals surface area contributed by atoms with Gasteiger partial charge in [-0.2, -0.15) is 5.26 Å². The van der Waals surface area contributed by atoms with Crippen molar-refractivity contribution in [2.75, 3.05) is 0 Å². The van der Waals surface area contributed by atoms with Gasteiger partial charge in [-0.05, 0) is 32.1 Å². The largest absolute Gasteiger partial charge is 0.388 e. The van der Waals surface area contributed by atoms with Crippen molar-refractivity contribution in [3.05, 3.63) is 0 Å². The summed E-state index contributed by atoms with van der Waals surface area (Å²) in [6, 6.07) is 2.17. The Morgan fingerprint density at radius 3 is 2.29 bits per heavy atom. The summed E-state index contributed by atoms with van der Waals surface area (Å²) in [5.41, 5.74) is -0.539. The van der Waals surface area contributed by atoms with Gasteiger partial charge in [0, 0.05) is 5.41 Å². The summed E-state index contributed by atoms with van der Waals surface area (Å²) in [7, 11) is 0. The minimum absolute atomic E-state index is 0.112. The quantitative estimate of drug-likeness (QED) is 0.696. The number of hydrogen-bond acceptors (Lipinski definition) is 2. The number of rotatable bonds is 1. The van der Waals surface area contributed by atoms with E-state index in [-0.39, 0.29) is 5.41 Å². The van der Waals surface area contributed by atoms with E-state index in [9.17, 15) is 5.11 Å². The number of hydrogen-bond donors (Lipinski definition) is 1. The molecule has 2 heteroatoms. The fourth-order valence-corrected chi connectivity index (χ4v) is 3.57. The van der Waals surface area contributed by atoms with Crippen molar-refractivity contribution < 1.29 is 5.11 Å². The Morgan fingerprint density at radius 1 is 1.00 bits per heavy atom. The molecule has 0 aromatic heterocycles. The fraction of sp³-hybridized carbons (Fsp3) is 0.917. The van der Waals surface area contributed by atoms with Gasteiger partial charge in [0.25, 0.3) is 0 Å². The van der Waals surface area contributed by atoms with Crippen molar-refractivity contribution in [3.8, 4) is 6.07 Å². The van der Waals surface area contributed by atoms with Crippen LogP contribution in [-0.4, -0.2) is 10.7 Å². The Balaban J connectivity index is 2.19. The van der Waals surface area contributed by atoms with Crippen LogP contribution < -0.4 is 0 Å². The molecule has 2 aliphatic rings. The zero-order valence-electron chi connectivity index (χ0n) is 8.76. The molecule has 0 radical (unpaired) electrons. The van der Waals surface area contributed by atoms with Crippen LogP contribution in [0.25, 0.3) is 0 Å². The average Bonchev–Trinajstić information content (AvgIpc) is 2.46. The molecule has 2 fully saturated rings. The first-order chi connectivity index (χ1) is 6.72. The molecular formula is C12H19NO. The van der Waals surface area contributed by atoms with E-state index in [0.29, 0.717) is 6.42 Å². The first-order valence-corrected chi connectivity index (χ1v) is 5.82. The number of aliphatic hydroxyl groups is 1. The van der Waals surface area contributed by atoms with Gasteiger partial charge in [0.2, 0.25) is 0 Å². The van der Waals surface area contributed by atoms with E-state index >= 15 is 0 Å². The van der Waals surface area contributed by atoms with Crippen molar-refractivity contribution in [3.63, 3.8) is 0 Å². The van der Waals surface area contributed by atoms with Gasteiger partial charge in [-0.1, -0.05) is 19.3 Å². The molecule has 0 heterocycles. The summed E-state index contributed by atoms with van der Waals surface area (Å²) in [5, 5.41) is 19.3. The lowest BCUT2D eigenvalue weighted by Crippen LogP contribution is -2.44. The van der Waals surface area contributed by atoms with E-state index < -0.39 is 5.60 Å². The van der Waals surface area contributed by atoms with E-state index in [0.717, 1.165) is 32.1 Å². The second kappa shape index (κ2) is 3.55. The molecular weight excluding hydrogens is 174 g/mol. The highest BCUT2D eigenvalue weighted by molar-refractivity contribution is 5.07. The van der Waals surface area contributed by atoms with Crippen molar-refractivity contribution in [1.82, 2.24) is 0 Å². The van der Waals surface area contributed by atoms with E-state index in [2.05, 4.69) is 6.07 Å². The zero-order chi connectivity index (χ0) is 10.1. The van der Waals surface area contributed by atoms with Gasteiger partial charge >= 0.3 is 0 Å². The Bertz CT molecular complexity index is 250. The topological polar surface area (TPSA) is 44.0 Å². The maximum Gasteiger partial charge on any atom is 0.0833 e. The highest BCUT2D eigenvalue weighted by atomic mass is 16.3. The van der Waals surface area contributed by atoms with Crippen LogP contribution in [0.3, 0.4) is 0 Å². The highest BCUT2D eigenvalue weighted by Crippen LogP contribution is 2.56. The molecule has 1 N–H and O–H groups in total. The molecule has 78 valence electrons. The second-order valence-corrected chi connectivity index (χ2v) is 5.06. The summed E-state index contributed by atoms with van der Waals surface area (Å²) in [6.45, 7) is 0. The summed E-state index contributed by atoms with van der Waals surface area (Å²) in [6.07, 6.45) is 9.53. The molecule has 14 heavy (non-hydrogen) atoms. The van der Waals surface area contributed by atoms with E-state index in [4.69, 9.17) is 5.26 Å². The lowest BCUT2D eigenvalue weighted by atomic mass is 9.64. The maximum atomic E-state index is 10.5. The van der Waals surface area contributed by atoms with Crippen LogP contribution in [0.4, 0.5) is 0 Å². The Kier molecular flexibility index (Phi) is 2.53. The molecule has 2 rings (SSSR count). The molecule has 0 aromatic carbocycles. The summed E-state index contributed by atoms with van der Waals surface area (Å²) in [5.74, 6) is 0. The van der Waals surface area contributed by atoms with Crippen molar-refractivity contribution in [2.24, 2.45) is 5.41 Å². The smallest absolute Gasteiger partial charge is 0.0833 e. The minimum atomic E-state index is -0.651. The maximum absolute atomic E-state index is 10.5. The predicted octanol–water partition coefficient (Wildman–Crippen LogP) is 2.77. The van der Waals surface area contributed by atoms with Crippen LogP contribution in [-0.2, 0) is 0 Å². The van der Waals surface area contributed by atoms with Crippen LogP contribution in [0.2, 0.25) is 0 Å². The Hall–Kier alpha value is -0.550. The lowest BCUT2D eigenvalue weighted by molar-refractivity contribution is -0.0767. The van der Waals surface area contributed by atoms with Gasteiger partial charge in [0.1, 0.15) is 0 Å². The highest BCUT2D eigenvalue weighted by Gasteiger charge is 2.53. The summed E-state index contributed by atoms with van der Waals surface area (Å²) < 4.78 is 0. The van der Waals surface area contributed by atoms with Gasteiger partial charge in [-0.3, -0.25) is 0 Å². The molecule has 0 aromatic rings. The molecule has 0 aliphatic heterocycles. The first kappa shape index (κ1) is 9.98. The van der Waals surface area contributed by atoms with Gasteiger partial charge in [0.15, 0.2) is 0 Å². The van der Waals surface area contributed by atoms with Gasteiger partial charge in [0.05, 0.1) is 18.1 Å². The third kappa shape index (κ3) is 1.35. The Morgan fingerprint density at radius 2 is 1.64 bits per heavy atom.